The molecule has 2 atom stereocenters. The highest BCUT2D eigenvalue weighted by Crippen LogP contribution is 2.11. The number of nitrogens with one attached hydrogen (secondary N) is 1. The van der Waals surface area contributed by atoms with Gasteiger partial charge in [-0.15, -0.1) is 0 Å². The minimum Gasteiger partial charge on any atom is -0.387 e. The third-order valence-electron chi connectivity index (χ3n) is 3.08. The Labute approximate surface area is 105 Å². The molecule has 2 N–H and O–H groups in total. The zero-order valence-electron chi connectivity index (χ0n) is 11.0. The van der Waals surface area contributed by atoms with E-state index in [1.807, 2.05) is 30.3 Å². The Morgan fingerprint density at radius 2 is 1.88 bits per heavy atom. The van der Waals surface area contributed by atoms with Crippen molar-refractivity contribution in [2.24, 2.45) is 0 Å². The highest BCUT2D eigenvalue weighted by atomic mass is 16.3. The zero-order chi connectivity index (χ0) is 12.5. The van der Waals surface area contributed by atoms with Gasteiger partial charge in [0.15, 0.2) is 0 Å². The van der Waals surface area contributed by atoms with Crippen molar-refractivity contribution in [2.75, 3.05) is 6.54 Å². The maximum atomic E-state index is 9.98. The Hall–Kier alpha value is -0.860. The first-order chi connectivity index (χ1) is 8.24. The lowest BCUT2D eigenvalue weighted by atomic mass is 10.1. The molecule has 17 heavy (non-hydrogen) atoms. The van der Waals surface area contributed by atoms with Gasteiger partial charge in [0.1, 0.15) is 0 Å². The van der Waals surface area contributed by atoms with Gasteiger partial charge in [0.05, 0.1) is 6.10 Å². The Bertz CT molecular complexity index is 286. The molecule has 0 aliphatic carbocycles. The third-order valence-corrected chi connectivity index (χ3v) is 3.08. The first-order valence-electron chi connectivity index (χ1n) is 6.70. The van der Waals surface area contributed by atoms with E-state index >= 15 is 0 Å². The molecular formula is C15H25NO. The van der Waals surface area contributed by atoms with E-state index in [2.05, 4.69) is 19.2 Å². The molecule has 0 unspecified atom stereocenters. The summed E-state index contributed by atoms with van der Waals surface area (Å²) < 4.78 is 0. The van der Waals surface area contributed by atoms with Crippen LogP contribution in [0.2, 0.25) is 0 Å². The summed E-state index contributed by atoms with van der Waals surface area (Å²) in [5, 5.41) is 13.4. The van der Waals surface area contributed by atoms with Crippen molar-refractivity contribution < 1.29 is 5.11 Å². The average molecular weight is 235 g/mol. The number of aliphatic hydroxyl groups is 1. The van der Waals surface area contributed by atoms with Crippen molar-refractivity contribution in [3.8, 4) is 0 Å². The smallest absolute Gasteiger partial charge is 0.0914 e. The van der Waals surface area contributed by atoms with Gasteiger partial charge in [-0.2, -0.15) is 0 Å². The lowest BCUT2D eigenvalue weighted by Gasteiger charge is -2.17. The van der Waals surface area contributed by atoms with Gasteiger partial charge >= 0.3 is 0 Å². The fraction of sp³-hybridized carbons (Fsp3) is 0.600. The first-order valence-corrected chi connectivity index (χ1v) is 6.70. The molecule has 0 fully saturated rings. The Morgan fingerprint density at radius 1 is 1.18 bits per heavy atom. The molecule has 1 aromatic rings. The summed E-state index contributed by atoms with van der Waals surface area (Å²) in [6.45, 7) is 5.04. The predicted molar refractivity (Wildman–Crippen MR) is 73.0 cm³/mol. The number of unbranched alkanes of at least 4 members (excludes halogenated alkanes) is 2. The second-order valence-electron chi connectivity index (χ2n) is 4.73. The number of aliphatic hydroxyl groups excluding tert-OH is 1. The Balaban J connectivity index is 2.21. The molecule has 1 rings (SSSR count). The molecule has 0 radical (unpaired) electrons. The molecule has 96 valence electrons. The molecule has 0 saturated carbocycles. The maximum absolute atomic E-state index is 9.98. The zero-order valence-corrected chi connectivity index (χ0v) is 11.0. The highest BCUT2D eigenvalue weighted by molar-refractivity contribution is 5.17. The van der Waals surface area contributed by atoms with E-state index in [9.17, 15) is 5.11 Å². The number of rotatable bonds is 8. The molecule has 0 saturated heterocycles. The van der Waals surface area contributed by atoms with E-state index in [1.54, 1.807) is 0 Å². The summed E-state index contributed by atoms with van der Waals surface area (Å²) in [7, 11) is 0. The summed E-state index contributed by atoms with van der Waals surface area (Å²) in [4.78, 5) is 0. The maximum Gasteiger partial charge on any atom is 0.0914 e. The second-order valence-corrected chi connectivity index (χ2v) is 4.73. The molecule has 0 aliphatic heterocycles. The van der Waals surface area contributed by atoms with Crippen molar-refractivity contribution in [3.63, 3.8) is 0 Å². The Kier molecular flexibility index (Phi) is 6.90. The van der Waals surface area contributed by atoms with Crippen LogP contribution in [0.1, 0.15) is 51.2 Å². The second kappa shape index (κ2) is 8.26. The van der Waals surface area contributed by atoms with Crippen LogP contribution in [0.3, 0.4) is 0 Å². The van der Waals surface area contributed by atoms with E-state index in [1.165, 1.54) is 25.7 Å². The standard InChI is InChI=1S/C15H25NO/c1-3-4-6-9-13(2)16-12-15(17)14-10-7-5-8-11-14/h5,7-8,10-11,13,15-17H,3-4,6,9,12H2,1-2H3/t13-,15-/m1/s1. The van der Waals surface area contributed by atoms with E-state index in [0.29, 0.717) is 12.6 Å². The van der Waals surface area contributed by atoms with Crippen LogP contribution in [0.4, 0.5) is 0 Å². The lowest BCUT2D eigenvalue weighted by molar-refractivity contribution is 0.170. The third kappa shape index (κ3) is 5.85. The SMILES string of the molecule is CCCCC[C@@H](C)NC[C@@H](O)c1ccccc1. The van der Waals surface area contributed by atoms with Gasteiger partial charge in [0.2, 0.25) is 0 Å². The summed E-state index contributed by atoms with van der Waals surface area (Å²) in [6, 6.07) is 10.3. The molecule has 0 heterocycles. The molecule has 0 amide bonds. The van der Waals surface area contributed by atoms with E-state index in [-0.39, 0.29) is 0 Å². The molecule has 0 spiro atoms. The number of hydrogen-bond donors (Lipinski definition) is 2. The van der Waals surface area contributed by atoms with E-state index in [0.717, 1.165) is 5.56 Å². The van der Waals surface area contributed by atoms with Crippen LogP contribution >= 0.6 is 0 Å². The highest BCUT2D eigenvalue weighted by Gasteiger charge is 2.08. The van der Waals surface area contributed by atoms with Gasteiger partial charge < -0.3 is 10.4 Å². The van der Waals surface area contributed by atoms with Crippen LogP contribution in [-0.4, -0.2) is 17.7 Å². The van der Waals surface area contributed by atoms with Crippen LogP contribution in [-0.2, 0) is 0 Å². The average Bonchev–Trinajstić information content (AvgIpc) is 2.37. The summed E-state index contributed by atoms with van der Waals surface area (Å²) in [5.41, 5.74) is 0.987. The Morgan fingerprint density at radius 3 is 2.53 bits per heavy atom. The fourth-order valence-corrected chi connectivity index (χ4v) is 1.91. The molecule has 1 aromatic carbocycles. The van der Waals surface area contributed by atoms with Gasteiger partial charge in [-0.1, -0.05) is 56.5 Å². The summed E-state index contributed by atoms with van der Waals surface area (Å²) >= 11 is 0. The van der Waals surface area contributed by atoms with Gasteiger partial charge in [0, 0.05) is 12.6 Å². The van der Waals surface area contributed by atoms with Crippen LogP contribution in [0, 0.1) is 0 Å². The van der Waals surface area contributed by atoms with Crippen molar-refractivity contribution in [1.29, 1.82) is 0 Å². The van der Waals surface area contributed by atoms with Crippen molar-refractivity contribution in [2.45, 2.75) is 51.7 Å². The minimum absolute atomic E-state index is 0.398. The molecular weight excluding hydrogens is 210 g/mol. The van der Waals surface area contributed by atoms with Crippen molar-refractivity contribution in [1.82, 2.24) is 5.32 Å². The number of benzene rings is 1. The molecule has 0 aromatic heterocycles. The van der Waals surface area contributed by atoms with Gasteiger partial charge in [-0.25, -0.2) is 0 Å². The normalized spacial score (nSPS) is 14.5. The van der Waals surface area contributed by atoms with E-state index in [4.69, 9.17) is 0 Å². The lowest BCUT2D eigenvalue weighted by Crippen LogP contribution is -2.30. The van der Waals surface area contributed by atoms with Crippen LogP contribution in [0.25, 0.3) is 0 Å². The molecule has 2 nitrogen and oxygen atoms in total. The fourth-order valence-electron chi connectivity index (χ4n) is 1.91. The van der Waals surface area contributed by atoms with E-state index < -0.39 is 6.10 Å². The largest absolute Gasteiger partial charge is 0.387 e. The van der Waals surface area contributed by atoms with Gasteiger partial charge in [-0.3, -0.25) is 0 Å². The van der Waals surface area contributed by atoms with Crippen LogP contribution in [0.5, 0.6) is 0 Å². The quantitative estimate of drug-likeness (QED) is 0.678. The monoisotopic (exact) mass is 235 g/mol. The van der Waals surface area contributed by atoms with Gasteiger partial charge in [-0.05, 0) is 18.9 Å². The van der Waals surface area contributed by atoms with Crippen LogP contribution in [0.15, 0.2) is 30.3 Å². The van der Waals surface area contributed by atoms with Crippen molar-refractivity contribution in [3.05, 3.63) is 35.9 Å². The minimum atomic E-state index is -0.398. The van der Waals surface area contributed by atoms with Crippen LogP contribution < -0.4 is 5.32 Å². The molecule has 2 heteroatoms. The number of hydrogen-bond acceptors (Lipinski definition) is 2. The first kappa shape index (κ1) is 14.2. The molecule has 0 bridgehead atoms. The summed E-state index contributed by atoms with van der Waals surface area (Å²) in [5.74, 6) is 0. The summed E-state index contributed by atoms with van der Waals surface area (Å²) in [6.07, 6.45) is 4.62. The topological polar surface area (TPSA) is 32.3 Å². The predicted octanol–water partition coefficient (Wildman–Crippen LogP) is 3.28. The van der Waals surface area contributed by atoms with Crippen molar-refractivity contribution >= 4 is 0 Å². The van der Waals surface area contributed by atoms with Gasteiger partial charge in [0.25, 0.3) is 0 Å². The molecule has 0 aliphatic rings.